The predicted octanol–water partition coefficient (Wildman–Crippen LogP) is 2.33. The van der Waals surface area contributed by atoms with Crippen LogP contribution in [-0.2, 0) is 4.74 Å². The highest BCUT2D eigenvalue weighted by Crippen LogP contribution is 2.42. The molecule has 0 aromatic heterocycles. The van der Waals surface area contributed by atoms with Crippen LogP contribution >= 0.6 is 0 Å². The van der Waals surface area contributed by atoms with Crippen LogP contribution in [0.15, 0.2) is 24.3 Å². The lowest BCUT2D eigenvalue weighted by molar-refractivity contribution is -0.0452. The summed E-state index contributed by atoms with van der Waals surface area (Å²) in [4.78, 5) is 16.1. The second-order valence-electron chi connectivity index (χ2n) is 7.28. The molecule has 2 saturated heterocycles. The van der Waals surface area contributed by atoms with Crippen LogP contribution in [0.25, 0.3) is 0 Å². The summed E-state index contributed by atoms with van der Waals surface area (Å²) in [6.45, 7) is 9.28. The summed E-state index contributed by atoms with van der Waals surface area (Å²) in [7, 11) is 0. The second-order valence-corrected chi connectivity index (χ2v) is 7.28. The van der Waals surface area contributed by atoms with Crippen molar-refractivity contribution in [3.63, 3.8) is 0 Å². The Labute approximate surface area is 125 Å². The van der Waals surface area contributed by atoms with Crippen LogP contribution in [0.5, 0.6) is 0 Å². The van der Waals surface area contributed by atoms with Crippen molar-refractivity contribution >= 4 is 17.5 Å². The van der Waals surface area contributed by atoms with Crippen LogP contribution < -0.4 is 10.6 Å². The van der Waals surface area contributed by atoms with Gasteiger partial charge in [-0.05, 0) is 45.0 Å². The zero-order valence-electron chi connectivity index (χ0n) is 12.9. The van der Waals surface area contributed by atoms with Crippen molar-refractivity contribution in [2.45, 2.75) is 26.4 Å². The van der Waals surface area contributed by atoms with Gasteiger partial charge in [-0.1, -0.05) is 0 Å². The number of likely N-dealkylation sites (tertiary alicyclic amines) is 1. The average molecular weight is 289 g/mol. The molecule has 1 aromatic rings. The molecule has 0 saturated carbocycles. The molecule has 3 rings (SSSR count). The third-order valence-corrected chi connectivity index (χ3v) is 4.02. The zero-order valence-corrected chi connectivity index (χ0v) is 12.9. The molecule has 2 heterocycles. The number of hydrogen-bond donors (Lipinski definition) is 1. The Morgan fingerprint density at radius 2 is 1.71 bits per heavy atom. The van der Waals surface area contributed by atoms with Crippen LogP contribution in [0, 0.1) is 5.41 Å². The van der Waals surface area contributed by atoms with Crippen molar-refractivity contribution < 1.29 is 9.53 Å². The van der Waals surface area contributed by atoms with E-state index in [2.05, 4.69) is 4.90 Å². The van der Waals surface area contributed by atoms with Crippen LogP contribution in [0.2, 0.25) is 0 Å². The molecular formula is C16H23N3O2. The van der Waals surface area contributed by atoms with E-state index in [9.17, 15) is 4.79 Å². The molecule has 0 bridgehead atoms. The number of nitrogens with zero attached hydrogens (tertiary/aromatic N) is 2. The van der Waals surface area contributed by atoms with Gasteiger partial charge in [-0.15, -0.1) is 0 Å². The van der Waals surface area contributed by atoms with E-state index in [0.717, 1.165) is 31.9 Å². The number of carbonyl (C=O) groups is 1. The summed E-state index contributed by atoms with van der Waals surface area (Å²) >= 11 is 0. The number of carbonyl (C=O) groups excluding carboxylic acids is 1. The van der Waals surface area contributed by atoms with Crippen LogP contribution in [-0.4, -0.2) is 42.8 Å². The number of anilines is 2. The minimum absolute atomic E-state index is 0.195. The number of rotatable bonds is 1. The molecule has 2 aliphatic heterocycles. The van der Waals surface area contributed by atoms with Gasteiger partial charge in [0.1, 0.15) is 5.60 Å². The van der Waals surface area contributed by atoms with E-state index in [1.165, 1.54) is 5.69 Å². The topological polar surface area (TPSA) is 58.8 Å². The Bertz CT molecular complexity index is 534. The SMILES string of the molecule is CC(C)(C)OC(=O)N1CC2(C1)CN(c1ccc(N)cc1)C2. The highest BCUT2D eigenvalue weighted by atomic mass is 16.6. The summed E-state index contributed by atoms with van der Waals surface area (Å²) < 4.78 is 5.39. The molecule has 2 aliphatic rings. The molecule has 0 radical (unpaired) electrons. The van der Waals surface area contributed by atoms with Gasteiger partial charge >= 0.3 is 6.09 Å². The van der Waals surface area contributed by atoms with Gasteiger partial charge in [0.15, 0.2) is 0 Å². The van der Waals surface area contributed by atoms with E-state index >= 15 is 0 Å². The normalized spacial score (nSPS) is 20.0. The highest BCUT2D eigenvalue weighted by molar-refractivity contribution is 5.70. The van der Waals surface area contributed by atoms with Crippen molar-refractivity contribution in [1.29, 1.82) is 0 Å². The third kappa shape index (κ3) is 2.77. The average Bonchev–Trinajstić information content (AvgIpc) is 2.25. The minimum atomic E-state index is -0.421. The van der Waals surface area contributed by atoms with Gasteiger partial charge < -0.3 is 20.3 Å². The lowest BCUT2D eigenvalue weighted by Gasteiger charge is -2.60. The zero-order chi connectivity index (χ0) is 15.3. The van der Waals surface area contributed by atoms with Crippen molar-refractivity contribution in [3.05, 3.63) is 24.3 Å². The fourth-order valence-corrected chi connectivity index (χ4v) is 3.05. The Hall–Kier alpha value is -1.91. The first-order chi connectivity index (χ1) is 9.76. The Balaban J connectivity index is 1.50. The van der Waals surface area contributed by atoms with E-state index in [0.29, 0.717) is 0 Å². The van der Waals surface area contributed by atoms with E-state index in [1.54, 1.807) is 4.90 Å². The van der Waals surface area contributed by atoms with Gasteiger partial charge in [0, 0.05) is 43.0 Å². The highest BCUT2D eigenvalue weighted by Gasteiger charge is 2.54. The Morgan fingerprint density at radius 3 is 2.24 bits per heavy atom. The molecule has 1 aromatic carbocycles. The molecule has 2 N–H and O–H groups in total. The van der Waals surface area contributed by atoms with Gasteiger partial charge in [-0.2, -0.15) is 0 Å². The van der Waals surface area contributed by atoms with E-state index in [1.807, 2.05) is 45.0 Å². The molecule has 0 aliphatic carbocycles. The molecule has 21 heavy (non-hydrogen) atoms. The monoisotopic (exact) mass is 289 g/mol. The maximum absolute atomic E-state index is 11.9. The molecule has 0 unspecified atom stereocenters. The maximum Gasteiger partial charge on any atom is 0.410 e. The van der Waals surface area contributed by atoms with Crippen molar-refractivity contribution in [2.24, 2.45) is 5.41 Å². The van der Waals surface area contributed by atoms with Gasteiger partial charge in [-0.25, -0.2) is 4.79 Å². The largest absolute Gasteiger partial charge is 0.444 e. The summed E-state index contributed by atoms with van der Waals surface area (Å²) in [5.41, 5.74) is 7.53. The molecule has 5 nitrogen and oxygen atoms in total. The Kier molecular flexibility index (Phi) is 3.04. The smallest absolute Gasteiger partial charge is 0.410 e. The molecule has 1 amide bonds. The number of nitrogen functional groups attached to an aromatic ring is 1. The standard InChI is InChI=1S/C16H23N3O2/c1-15(2,3)21-14(20)19-10-16(11-19)8-18(9-16)13-6-4-12(17)5-7-13/h4-7H,8-11,17H2,1-3H3. The first kappa shape index (κ1) is 14.0. The fourth-order valence-electron chi connectivity index (χ4n) is 3.05. The lowest BCUT2D eigenvalue weighted by Crippen LogP contribution is -2.73. The number of nitrogens with two attached hydrogens (primary N) is 1. The van der Waals surface area contributed by atoms with Gasteiger partial charge in [0.05, 0.1) is 0 Å². The van der Waals surface area contributed by atoms with Crippen LogP contribution in [0.3, 0.4) is 0 Å². The van der Waals surface area contributed by atoms with Gasteiger partial charge in [0.2, 0.25) is 0 Å². The van der Waals surface area contributed by atoms with Crippen molar-refractivity contribution in [3.8, 4) is 0 Å². The fraction of sp³-hybridized carbons (Fsp3) is 0.562. The van der Waals surface area contributed by atoms with Gasteiger partial charge in [-0.3, -0.25) is 0 Å². The van der Waals surface area contributed by atoms with Crippen LogP contribution in [0.4, 0.5) is 16.2 Å². The number of ether oxygens (including phenoxy) is 1. The Morgan fingerprint density at radius 1 is 1.14 bits per heavy atom. The summed E-state index contributed by atoms with van der Waals surface area (Å²) in [6.07, 6.45) is -0.195. The summed E-state index contributed by atoms with van der Waals surface area (Å²) in [5.74, 6) is 0. The lowest BCUT2D eigenvalue weighted by atomic mass is 9.73. The van der Waals surface area contributed by atoms with E-state index < -0.39 is 5.60 Å². The first-order valence-electron chi connectivity index (χ1n) is 7.35. The number of amides is 1. The molecule has 114 valence electrons. The van der Waals surface area contributed by atoms with Crippen molar-refractivity contribution in [2.75, 3.05) is 36.8 Å². The predicted molar refractivity (Wildman–Crippen MR) is 83.3 cm³/mol. The molecule has 1 spiro atoms. The molecule has 2 fully saturated rings. The van der Waals surface area contributed by atoms with Gasteiger partial charge in [0.25, 0.3) is 0 Å². The molecule has 5 heteroatoms. The quantitative estimate of drug-likeness (QED) is 0.806. The second kappa shape index (κ2) is 4.55. The minimum Gasteiger partial charge on any atom is -0.444 e. The molecular weight excluding hydrogens is 266 g/mol. The number of benzene rings is 1. The molecule has 0 atom stereocenters. The first-order valence-corrected chi connectivity index (χ1v) is 7.35. The summed E-state index contributed by atoms with van der Waals surface area (Å²) in [6, 6.07) is 7.95. The van der Waals surface area contributed by atoms with E-state index in [-0.39, 0.29) is 11.5 Å². The van der Waals surface area contributed by atoms with E-state index in [4.69, 9.17) is 10.5 Å². The number of hydrogen-bond acceptors (Lipinski definition) is 4. The maximum atomic E-state index is 11.9. The third-order valence-electron chi connectivity index (χ3n) is 4.02. The summed E-state index contributed by atoms with van der Waals surface area (Å²) in [5, 5.41) is 0. The van der Waals surface area contributed by atoms with Crippen LogP contribution in [0.1, 0.15) is 20.8 Å². The van der Waals surface area contributed by atoms with Crippen molar-refractivity contribution in [1.82, 2.24) is 4.90 Å².